The normalized spacial score (nSPS) is 25.8. The Bertz CT molecular complexity index is 801. The van der Waals surface area contributed by atoms with E-state index in [0.29, 0.717) is 6.54 Å². The zero-order chi connectivity index (χ0) is 20.4. The highest BCUT2D eigenvalue weighted by Gasteiger charge is 2.45. The fourth-order valence-corrected chi connectivity index (χ4v) is 5.85. The standard InChI is InChI=1S/C21H30N2O4S/c1-21(2,3)27-20(24)22-15-17-13-18-9-10-19(14-17)23(18)28(25,26)12-11-16-7-5-4-6-8-16/h4-8,11-12,17-19H,9-10,13-15H2,1-3H3,(H,22,24)/b12-11+/t17-,18-,19+. The lowest BCUT2D eigenvalue weighted by molar-refractivity contribution is 0.0507. The van der Waals surface area contributed by atoms with Gasteiger partial charge in [-0.15, -0.1) is 0 Å². The van der Waals surface area contributed by atoms with Gasteiger partial charge in [0.2, 0.25) is 10.0 Å². The minimum Gasteiger partial charge on any atom is -0.444 e. The van der Waals surface area contributed by atoms with E-state index >= 15 is 0 Å². The predicted molar refractivity (Wildman–Crippen MR) is 110 cm³/mol. The van der Waals surface area contributed by atoms with Crippen LogP contribution in [0, 0.1) is 5.92 Å². The van der Waals surface area contributed by atoms with E-state index in [4.69, 9.17) is 4.74 Å². The molecule has 1 aromatic rings. The number of nitrogens with one attached hydrogen (secondary N) is 1. The van der Waals surface area contributed by atoms with Crippen LogP contribution in [0.2, 0.25) is 0 Å². The van der Waals surface area contributed by atoms with Crippen LogP contribution in [-0.2, 0) is 14.8 Å². The number of nitrogens with zero attached hydrogens (tertiary/aromatic N) is 1. The maximum Gasteiger partial charge on any atom is 0.407 e. The van der Waals surface area contributed by atoms with Crippen molar-refractivity contribution >= 4 is 22.2 Å². The van der Waals surface area contributed by atoms with Crippen molar-refractivity contribution in [3.8, 4) is 0 Å². The average molecular weight is 407 g/mol. The van der Waals surface area contributed by atoms with Gasteiger partial charge in [-0.1, -0.05) is 30.3 Å². The molecular weight excluding hydrogens is 376 g/mol. The number of amides is 1. The Morgan fingerprint density at radius 1 is 1.18 bits per heavy atom. The first kappa shape index (κ1) is 20.9. The number of ether oxygens (including phenoxy) is 1. The highest BCUT2D eigenvalue weighted by Crippen LogP contribution is 2.40. The van der Waals surface area contributed by atoms with Crippen LogP contribution in [0.4, 0.5) is 4.79 Å². The molecule has 154 valence electrons. The third kappa shape index (κ3) is 5.35. The second kappa shape index (κ2) is 8.25. The summed E-state index contributed by atoms with van der Waals surface area (Å²) in [5.41, 5.74) is 0.348. The molecule has 2 fully saturated rings. The molecule has 7 heteroatoms. The van der Waals surface area contributed by atoms with Gasteiger partial charge < -0.3 is 10.1 Å². The van der Waals surface area contributed by atoms with E-state index in [2.05, 4.69) is 5.32 Å². The van der Waals surface area contributed by atoms with Crippen molar-refractivity contribution in [2.75, 3.05) is 6.54 Å². The third-order valence-corrected chi connectivity index (χ3v) is 6.89. The first-order valence-corrected chi connectivity index (χ1v) is 11.4. The van der Waals surface area contributed by atoms with Gasteiger partial charge in [0.15, 0.2) is 0 Å². The summed E-state index contributed by atoms with van der Waals surface area (Å²) in [4.78, 5) is 11.9. The topological polar surface area (TPSA) is 75.7 Å². The molecule has 2 heterocycles. The maximum absolute atomic E-state index is 12.9. The molecule has 28 heavy (non-hydrogen) atoms. The Morgan fingerprint density at radius 3 is 2.36 bits per heavy atom. The van der Waals surface area contributed by atoms with Gasteiger partial charge in [0, 0.05) is 24.0 Å². The molecule has 3 atom stereocenters. The van der Waals surface area contributed by atoms with Gasteiger partial charge in [0.25, 0.3) is 0 Å². The summed E-state index contributed by atoms with van der Waals surface area (Å²) in [6.45, 7) is 6.02. The van der Waals surface area contributed by atoms with Crippen molar-refractivity contribution in [1.29, 1.82) is 0 Å². The van der Waals surface area contributed by atoms with Crippen LogP contribution in [0.5, 0.6) is 0 Å². The molecule has 2 bridgehead atoms. The highest BCUT2D eigenvalue weighted by atomic mass is 32.2. The fraction of sp³-hybridized carbons (Fsp3) is 0.571. The summed E-state index contributed by atoms with van der Waals surface area (Å²) in [5.74, 6) is 0.273. The first-order chi connectivity index (χ1) is 13.1. The molecule has 6 nitrogen and oxygen atoms in total. The predicted octanol–water partition coefficient (Wildman–Crippen LogP) is 3.75. The molecule has 2 saturated heterocycles. The molecule has 0 saturated carbocycles. The first-order valence-electron chi connectivity index (χ1n) is 9.87. The van der Waals surface area contributed by atoms with Crippen molar-refractivity contribution in [2.24, 2.45) is 5.92 Å². The molecular formula is C21H30N2O4S. The summed E-state index contributed by atoms with van der Waals surface area (Å²) in [5, 5.41) is 4.16. The zero-order valence-corrected chi connectivity index (χ0v) is 17.6. The summed E-state index contributed by atoms with van der Waals surface area (Å²) in [6.07, 6.45) is 4.54. The van der Waals surface area contributed by atoms with Crippen molar-refractivity contribution in [3.05, 3.63) is 41.3 Å². The van der Waals surface area contributed by atoms with E-state index in [9.17, 15) is 13.2 Å². The van der Waals surface area contributed by atoms with Crippen LogP contribution in [0.1, 0.15) is 52.0 Å². The van der Waals surface area contributed by atoms with Crippen molar-refractivity contribution in [1.82, 2.24) is 9.62 Å². The van der Waals surface area contributed by atoms with Crippen LogP contribution in [0.25, 0.3) is 6.08 Å². The fourth-order valence-electron chi connectivity index (χ4n) is 4.17. The van der Waals surface area contributed by atoms with E-state index in [1.165, 1.54) is 5.41 Å². The molecule has 1 aromatic carbocycles. The van der Waals surface area contributed by atoms with Crippen LogP contribution in [0.15, 0.2) is 35.7 Å². The van der Waals surface area contributed by atoms with Gasteiger partial charge in [-0.2, -0.15) is 4.31 Å². The Balaban J connectivity index is 1.59. The lowest BCUT2D eigenvalue weighted by Gasteiger charge is -2.37. The summed E-state index contributed by atoms with van der Waals surface area (Å²) >= 11 is 0. The molecule has 2 aliphatic rings. The molecule has 0 aliphatic carbocycles. The quantitative estimate of drug-likeness (QED) is 0.808. The van der Waals surface area contributed by atoms with Gasteiger partial charge in [-0.3, -0.25) is 0 Å². The van der Waals surface area contributed by atoms with Gasteiger partial charge in [-0.05, 0) is 64.0 Å². The van der Waals surface area contributed by atoms with Crippen molar-refractivity contribution < 1.29 is 17.9 Å². The molecule has 0 radical (unpaired) electrons. The van der Waals surface area contributed by atoms with E-state index in [1.807, 2.05) is 51.1 Å². The number of hydrogen-bond acceptors (Lipinski definition) is 4. The van der Waals surface area contributed by atoms with Gasteiger partial charge in [-0.25, -0.2) is 13.2 Å². The lowest BCUT2D eigenvalue weighted by atomic mass is 9.92. The number of piperidine rings is 1. The molecule has 0 spiro atoms. The van der Waals surface area contributed by atoms with Crippen molar-refractivity contribution in [3.63, 3.8) is 0 Å². The van der Waals surface area contributed by atoms with E-state index in [-0.39, 0.29) is 18.0 Å². The number of carbonyl (C=O) groups is 1. The minimum absolute atomic E-state index is 0.00890. The molecule has 1 amide bonds. The molecule has 3 rings (SSSR count). The van der Waals surface area contributed by atoms with Gasteiger partial charge in [0.05, 0.1) is 0 Å². The van der Waals surface area contributed by atoms with Crippen molar-refractivity contribution in [2.45, 2.75) is 64.1 Å². The van der Waals surface area contributed by atoms with Gasteiger partial charge in [0.1, 0.15) is 5.60 Å². The smallest absolute Gasteiger partial charge is 0.407 e. The number of hydrogen-bond donors (Lipinski definition) is 1. The average Bonchev–Trinajstić information content (AvgIpc) is 2.90. The van der Waals surface area contributed by atoms with Crippen LogP contribution >= 0.6 is 0 Å². The van der Waals surface area contributed by atoms with E-state index in [1.54, 1.807) is 10.4 Å². The number of sulfonamides is 1. The Labute approximate surface area is 168 Å². The van der Waals surface area contributed by atoms with E-state index in [0.717, 1.165) is 31.2 Å². The lowest BCUT2D eigenvalue weighted by Crippen LogP contribution is -2.48. The van der Waals surface area contributed by atoms with E-state index < -0.39 is 21.7 Å². The number of alkyl carbamates (subject to hydrolysis) is 1. The Kier molecular flexibility index (Phi) is 6.15. The second-order valence-corrected chi connectivity index (χ2v) is 10.4. The number of carbonyl (C=O) groups excluding carboxylic acids is 1. The third-order valence-electron chi connectivity index (χ3n) is 5.22. The Hall–Kier alpha value is -1.86. The maximum atomic E-state index is 12.9. The SMILES string of the molecule is CC(C)(C)OC(=O)NC[C@@H]1C[C@H]2CC[C@@H](C1)N2S(=O)(=O)/C=C/c1ccccc1. The van der Waals surface area contributed by atoms with Crippen LogP contribution in [0.3, 0.4) is 0 Å². The monoisotopic (exact) mass is 406 g/mol. The molecule has 1 N–H and O–H groups in total. The Morgan fingerprint density at radius 2 is 1.79 bits per heavy atom. The molecule has 2 aliphatic heterocycles. The summed E-state index contributed by atoms with van der Waals surface area (Å²) in [6, 6.07) is 9.47. The molecule has 0 aromatic heterocycles. The number of benzene rings is 1. The second-order valence-electron chi connectivity index (χ2n) is 8.69. The minimum atomic E-state index is -3.46. The largest absolute Gasteiger partial charge is 0.444 e. The summed E-state index contributed by atoms with van der Waals surface area (Å²) in [7, 11) is -3.46. The highest BCUT2D eigenvalue weighted by molar-refractivity contribution is 7.92. The number of rotatable bonds is 5. The van der Waals surface area contributed by atoms with Crippen LogP contribution < -0.4 is 5.32 Å². The summed E-state index contributed by atoms with van der Waals surface area (Å²) < 4.78 is 32.8. The number of fused-ring (bicyclic) bond motifs is 2. The van der Waals surface area contributed by atoms with Gasteiger partial charge >= 0.3 is 6.09 Å². The zero-order valence-electron chi connectivity index (χ0n) is 16.8. The molecule has 0 unspecified atom stereocenters. The van der Waals surface area contributed by atoms with Crippen LogP contribution in [-0.4, -0.2) is 43.0 Å².